The maximum Gasteiger partial charge on any atom is 0.128 e. The number of rotatable bonds is 3. The molecule has 0 aromatic carbocycles. The molecule has 2 heterocycles. The lowest BCUT2D eigenvalue weighted by Crippen LogP contribution is -2.23. The Morgan fingerprint density at radius 3 is 2.61 bits per heavy atom. The van der Waals surface area contributed by atoms with Crippen molar-refractivity contribution in [1.29, 1.82) is 5.26 Å². The van der Waals surface area contributed by atoms with Crippen LogP contribution in [0.25, 0.3) is 0 Å². The lowest BCUT2D eigenvalue weighted by molar-refractivity contribution is 0.705. The molecule has 0 fully saturated rings. The van der Waals surface area contributed by atoms with Crippen LogP contribution >= 0.6 is 0 Å². The van der Waals surface area contributed by atoms with Crippen LogP contribution in [-0.2, 0) is 0 Å². The molecule has 0 aliphatic carbocycles. The summed E-state index contributed by atoms with van der Waals surface area (Å²) in [5.74, 6) is 0.826. The fourth-order valence-electron chi connectivity index (χ4n) is 1.68. The van der Waals surface area contributed by atoms with Crippen molar-refractivity contribution in [2.75, 3.05) is 11.9 Å². The third kappa shape index (κ3) is 2.46. The van der Waals surface area contributed by atoms with E-state index in [4.69, 9.17) is 5.26 Å². The minimum absolute atomic E-state index is 0.131. The summed E-state index contributed by atoms with van der Waals surface area (Å²) in [4.78, 5) is 10.6. The van der Waals surface area contributed by atoms with Gasteiger partial charge >= 0.3 is 0 Å². The lowest BCUT2D eigenvalue weighted by Gasteiger charge is -2.25. The first-order valence-corrected chi connectivity index (χ1v) is 5.72. The molecule has 18 heavy (non-hydrogen) atoms. The number of pyridine rings is 2. The summed E-state index contributed by atoms with van der Waals surface area (Å²) in [6.07, 6.45) is 3.36. The van der Waals surface area contributed by atoms with Gasteiger partial charge < -0.3 is 4.90 Å². The highest BCUT2D eigenvalue weighted by Gasteiger charge is 2.13. The Kier molecular flexibility index (Phi) is 3.54. The van der Waals surface area contributed by atoms with E-state index in [2.05, 4.69) is 23.0 Å². The van der Waals surface area contributed by atoms with Crippen molar-refractivity contribution in [3.63, 3.8) is 0 Å². The summed E-state index contributed by atoms with van der Waals surface area (Å²) in [5, 5.41) is 8.74. The second kappa shape index (κ2) is 5.28. The van der Waals surface area contributed by atoms with E-state index < -0.39 is 0 Å². The third-order valence-electron chi connectivity index (χ3n) is 2.94. The molecule has 2 aromatic rings. The van der Waals surface area contributed by atoms with Gasteiger partial charge in [0.1, 0.15) is 11.9 Å². The Morgan fingerprint density at radius 2 is 2.06 bits per heavy atom. The zero-order chi connectivity index (χ0) is 13.0. The van der Waals surface area contributed by atoms with Crippen molar-refractivity contribution in [2.45, 2.75) is 13.0 Å². The van der Waals surface area contributed by atoms with E-state index in [-0.39, 0.29) is 6.04 Å². The fraction of sp³-hybridized carbons (Fsp3) is 0.214. The number of hydrogen-bond acceptors (Lipinski definition) is 4. The van der Waals surface area contributed by atoms with Crippen molar-refractivity contribution in [1.82, 2.24) is 9.97 Å². The smallest absolute Gasteiger partial charge is 0.128 e. The molecule has 1 atom stereocenters. The molecule has 0 spiro atoms. The quantitative estimate of drug-likeness (QED) is 0.824. The molecule has 0 radical (unpaired) electrons. The molecule has 0 saturated carbocycles. The SMILES string of the molecule is CC(c1ccccn1)N(C)c1ccc(C#N)cn1. The average molecular weight is 238 g/mol. The van der Waals surface area contributed by atoms with Crippen LogP contribution in [0.15, 0.2) is 42.7 Å². The molecular weight excluding hydrogens is 224 g/mol. The van der Waals surface area contributed by atoms with Crippen LogP contribution in [0, 0.1) is 11.3 Å². The molecule has 90 valence electrons. The number of nitrogens with zero attached hydrogens (tertiary/aromatic N) is 4. The van der Waals surface area contributed by atoms with Gasteiger partial charge in [-0.25, -0.2) is 4.98 Å². The highest BCUT2D eigenvalue weighted by Crippen LogP contribution is 2.21. The van der Waals surface area contributed by atoms with Gasteiger partial charge in [0.15, 0.2) is 0 Å². The van der Waals surface area contributed by atoms with E-state index in [9.17, 15) is 0 Å². The Morgan fingerprint density at radius 1 is 1.22 bits per heavy atom. The largest absolute Gasteiger partial charge is 0.351 e. The Balaban J connectivity index is 2.20. The standard InChI is InChI=1S/C14H14N4/c1-11(13-5-3-4-8-16-13)18(2)14-7-6-12(9-15)10-17-14/h3-8,10-11H,1-2H3. The Labute approximate surface area is 107 Å². The second-order valence-electron chi connectivity index (χ2n) is 4.06. The molecule has 0 amide bonds. The van der Waals surface area contributed by atoms with E-state index >= 15 is 0 Å². The van der Waals surface area contributed by atoms with Crippen molar-refractivity contribution in [2.24, 2.45) is 0 Å². The zero-order valence-corrected chi connectivity index (χ0v) is 10.4. The summed E-state index contributed by atoms with van der Waals surface area (Å²) in [7, 11) is 1.97. The van der Waals surface area contributed by atoms with Crippen molar-refractivity contribution < 1.29 is 0 Å². The fourth-order valence-corrected chi connectivity index (χ4v) is 1.68. The van der Waals surface area contributed by atoms with Gasteiger partial charge in [-0.3, -0.25) is 4.98 Å². The van der Waals surface area contributed by atoms with E-state index in [0.29, 0.717) is 5.56 Å². The monoisotopic (exact) mass is 238 g/mol. The minimum atomic E-state index is 0.131. The Hall–Kier alpha value is -2.41. The van der Waals surface area contributed by atoms with E-state index in [1.807, 2.05) is 36.2 Å². The van der Waals surface area contributed by atoms with Crippen LogP contribution in [0.1, 0.15) is 24.2 Å². The first-order chi connectivity index (χ1) is 8.72. The van der Waals surface area contributed by atoms with Gasteiger partial charge in [0.25, 0.3) is 0 Å². The van der Waals surface area contributed by atoms with Crippen LogP contribution in [0.3, 0.4) is 0 Å². The van der Waals surface area contributed by atoms with Crippen molar-refractivity contribution >= 4 is 5.82 Å². The number of aromatic nitrogens is 2. The van der Waals surface area contributed by atoms with E-state index in [0.717, 1.165) is 11.5 Å². The summed E-state index contributed by atoms with van der Waals surface area (Å²) in [5.41, 5.74) is 1.56. The molecule has 4 heteroatoms. The lowest BCUT2D eigenvalue weighted by atomic mass is 10.2. The summed E-state index contributed by atoms with van der Waals surface area (Å²) >= 11 is 0. The number of nitriles is 1. The second-order valence-corrected chi connectivity index (χ2v) is 4.06. The highest BCUT2D eigenvalue weighted by molar-refractivity contribution is 5.42. The summed E-state index contributed by atoms with van der Waals surface area (Å²) < 4.78 is 0. The van der Waals surface area contributed by atoms with Crippen molar-refractivity contribution in [3.05, 3.63) is 54.0 Å². The molecule has 4 nitrogen and oxygen atoms in total. The normalized spacial score (nSPS) is 11.6. The molecule has 0 aliphatic rings. The molecular formula is C14H14N4. The van der Waals surface area contributed by atoms with Gasteiger partial charge in [-0.15, -0.1) is 0 Å². The van der Waals surface area contributed by atoms with Gasteiger partial charge in [-0.05, 0) is 31.2 Å². The highest BCUT2D eigenvalue weighted by atomic mass is 15.2. The molecule has 0 saturated heterocycles. The maximum absolute atomic E-state index is 8.74. The van der Waals surface area contributed by atoms with Crippen molar-refractivity contribution in [3.8, 4) is 6.07 Å². The number of hydrogen-bond donors (Lipinski definition) is 0. The molecule has 0 bridgehead atoms. The number of anilines is 1. The maximum atomic E-state index is 8.74. The van der Waals surface area contributed by atoms with Crippen LogP contribution in [0.4, 0.5) is 5.82 Å². The average Bonchev–Trinajstić information content (AvgIpc) is 2.47. The van der Waals surface area contributed by atoms with Crippen LogP contribution in [-0.4, -0.2) is 17.0 Å². The van der Waals surface area contributed by atoms with E-state index in [1.165, 1.54) is 0 Å². The van der Waals surface area contributed by atoms with Crippen LogP contribution in [0.5, 0.6) is 0 Å². The zero-order valence-electron chi connectivity index (χ0n) is 10.4. The molecule has 0 N–H and O–H groups in total. The summed E-state index contributed by atoms with van der Waals surface area (Å²) in [6, 6.07) is 11.7. The van der Waals surface area contributed by atoms with Gasteiger partial charge in [-0.2, -0.15) is 5.26 Å². The minimum Gasteiger partial charge on any atom is -0.351 e. The van der Waals surface area contributed by atoms with E-state index in [1.54, 1.807) is 18.5 Å². The first-order valence-electron chi connectivity index (χ1n) is 5.72. The van der Waals surface area contributed by atoms with Gasteiger partial charge in [0, 0.05) is 19.4 Å². The predicted molar refractivity (Wildman–Crippen MR) is 70.0 cm³/mol. The first kappa shape index (κ1) is 12.1. The topological polar surface area (TPSA) is 52.8 Å². The van der Waals surface area contributed by atoms with Crippen LogP contribution in [0.2, 0.25) is 0 Å². The molecule has 0 aliphatic heterocycles. The Bertz CT molecular complexity index is 542. The van der Waals surface area contributed by atoms with Gasteiger partial charge in [0.05, 0.1) is 17.3 Å². The van der Waals surface area contributed by atoms with Crippen LogP contribution < -0.4 is 4.90 Å². The van der Waals surface area contributed by atoms with Gasteiger partial charge in [-0.1, -0.05) is 6.07 Å². The summed E-state index contributed by atoms with van der Waals surface area (Å²) in [6.45, 7) is 2.07. The molecule has 1 unspecified atom stereocenters. The predicted octanol–water partition coefficient (Wildman–Crippen LogP) is 2.55. The van der Waals surface area contributed by atoms with Gasteiger partial charge in [0.2, 0.25) is 0 Å². The molecule has 2 rings (SSSR count). The molecule has 2 aromatic heterocycles. The third-order valence-corrected chi connectivity index (χ3v) is 2.94.